The van der Waals surface area contributed by atoms with Crippen molar-refractivity contribution in [3.05, 3.63) is 17.8 Å². The molecule has 8 heteroatoms. The van der Waals surface area contributed by atoms with Crippen molar-refractivity contribution in [2.75, 3.05) is 32.8 Å². The summed E-state index contributed by atoms with van der Waals surface area (Å²) in [6.45, 7) is 4.95. The van der Waals surface area contributed by atoms with Crippen LogP contribution in [0.3, 0.4) is 0 Å². The number of aromatic nitrogens is 1. The predicted octanol–water partition coefficient (Wildman–Crippen LogP) is 1.55. The Morgan fingerprint density at radius 3 is 2.87 bits per heavy atom. The number of alkyl halides is 2. The molecule has 0 unspecified atom stereocenters. The Balaban J connectivity index is 1.59. The Hall–Kier alpha value is -1.54. The number of oxazole rings is 1. The van der Waals surface area contributed by atoms with Crippen LogP contribution in [0.5, 0.6) is 0 Å². The van der Waals surface area contributed by atoms with E-state index in [0.717, 1.165) is 0 Å². The summed E-state index contributed by atoms with van der Waals surface area (Å²) in [6, 6.07) is -0.347. The van der Waals surface area contributed by atoms with E-state index in [2.05, 4.69) is 4.98 Å². The first-order valence-corrected chi connectivity index (χ1v) is 7.82. The average molecular weight is 329 g/mol. The SMILES string of the molecule is CCOC[C@@H]1CC(F)(F)CN1C1CN(C(=O)c2ocnc2C)C1. The summed E-state index contributed by atoms with van der Waals surface area (Å²) in [4.78, 5) is 19.5. The van der Waals surface area contributed by atoms with Crippen molar-refractivity contribution < 1.29 is 22.7 Å². The Labute approximate surface area is 133 Å². The summed E-state index contributed by atoms with van der Waals surface area (Å²) in [5.41, 5.74) is 0.542. The van der Waals surface area contributed by atoms with Gasteiger partial charge in [-0.2, -0.15) is 0 Å². The molecule has 3 rings (SSSR count). The Morgan fingerprint density at radius 1 is 1.52 bits per heavy atom. The second kappa shape index (κ2) is 6.16. The smallest absolute Gasteiger partial charge is 0.291 e. The third kappa shape index (κ3) is 3.23. The molecule has 1 aromatic rings. The second-order valence-electron chi connectivity index (χ2n) is 6.18. The lowest BCUT2D eigenvalue weighted by Crippen LogP contribution is -2.62. The highest BCUT2D eigenvalue weighted by Crippen LogP contribution is 2.35. The van der Waals surface area contributed by atoms with Crippen LogP contribution in [0.1, 0.15) is 29.6 Å². The zero-order chi connectivity index (χ0) is 16.6. The zero-order valence-electron chi connectivity index (χ0n) is 13.3. The van der Waals surface area contributed by atoms with Gasteiger partial charge in [0.2, 0.25) is 5.76 Å². The molecule has 0 spiro atoms. The van der Waals surface area contributed by atoms with E-state index < -0.39 is 5.92 Å². The molecule has 0 aliphatic carbocycles. The fourth-order valence-electron chi connectivity index (χ4n) is 3.24. The molecule has 0 N–H and O–H groups in total. The number of ether oxygens (including phenoxy) is 1. The number of carbonyl (C=O) groups excluding carboxylic acids is 1. The largest absolute Gasteiger partial charge is 0.438 e. The van der Waals surface area contributed by atoms with Crippen molar-refractivity contribution >= 4 is 5.91 Å². The van der Waals surface area contributed by atoms with E-state index in [-0.39, 0.29) is 36.7 Å². The lowest BCUT2D eigenvalue weighted by Gasteiger charge is -2.45. The van der Waals surface area contributed by atoms with Crippen LogP contribution >= 0.6 is 0 Å². The summed E-state index contributed by atoms with van der Waals surface area (Å²) in [5.74, 6) is -2.70. The lowest BCUT2D eigenvalue weighted by atomic mass is 10.1. The Kier molecular flexibility index (Phi) is 4.37. The van der Waals surface area contributed by atoms with Gasteiger partial charge in [0.1, 0.15) is 0 Å². The van der Waals surface area contributed by atoms with Crippen LogP contribution in [-0.4, -0.2) is 71.5 Å². The standard InChI is InChI=1S/C15H21F2N3O3/c1-3-22-7-11-4-15(16,17)8-20(11)12-5-19(6-12)14(21)13-10(2)18-9-23-13/h9,11-12H,3-8H2,1-2H3/t11-/m0/s1. The highest BCUT2D eigenvalue weighted by molar-refractivity contribution is 5.93. The first kappa shape index (κ1) is 16.3. The number of aryl methyl sites for hydroxylation is 1. The maximum Gasteiger partial charge on any atom is 0.291 e. The molecular weight excluding hydrogens is 308 g/mol. The van der Waals surface area contributed by atoms with Gasteiger partial charge in [-0.3, -0.25) is 9.69 Å². The van der Waals surface area contributed by atoms with E-state index in [1.54, 1.807) is 16.7 Å². The van der Waals surface area contributed by atoms with Crippen molar-refractivity contribution in [1.82, 2.24) is 14.8 Å². The normalized spacial score (nSPS) is 24.9. The third-order valence-corrected chi connectivity index (χ3v) is 4.49. The highest BCUT2D eigenvalue weighted by atomic mass is 19.3. The molecule has 2 aliphatic heterocycles. The number of likely N-dealkylation sites (tertiary alicyclic amines) is 2. The van der Waals surface area contributed by atoms with Gasteiger partial charge in [-0.1, -0.05) is 0 Å². The molecule has 0 aromatic carbocycles. The minimum atomic E-state index is -2.69. The molecule has 0 saturated carbocycles. The quantitative estimate of drug-likeness (QED) is 0.820. The molecule has 23 heavy (non-hydrogen) atoms. The molecule has 2 saturated heterocycles. The molecule has 2 fully saturated rings. The number of rotatable bonds is 5. The number of amides is 1. The zero-order valence-corrected chi connectivity index (χ0v) is 13.3. The van der Waals surface area contributed by atoms with Gasteiger partial charge in [-0.15, -0.1) is 0 Å². The van der Waals surface area contributed by atoms with E-state index in [1.807, 2.05) is 6.92 Å². The van der Waals surface area contributed by atoms with Crippen LogP contribution < -0.4 is 0 Å². The average Bonchev–Trinajstić information content (AvgIpc) is 2.98. The molecule has 2 aliphatic rings. The molecule has 0 radical (unpaired) electrons. The summed E-state index contributed by atoms with van der Waals surface area (Å²) < 4.78 is 37.9. The van der Waals surface area contributed by atoms with Crippen LogP contribution in [-0.2, 0) is 4.74 Å². The minimum Gasteiger partial charge on any atom is -0.438 e. The first-order chi connectivity index (χ1) is 10.9. The number of carbonyl (C=O) groups is 1. The molecule has 128 valence electrons. The fourth-order valence-corrected chi connectivity index (χ4v) is 3.24. The van der Waals surface area contributed by atoms with Gasteiger partial charge in [0, 0.05) is 38.2 Å². The Morgan fingerprint density at radius 2 is 2.26 bits per heavy atom. The van der Waals surface area contributed by atoms with Crippen LogP contribution in [0.15, 0.2) is 10.8 Å². The molecule has 1 amide bonds. The molecular formula is C15H21F2N3O3. The number of hydrogen-bond acceptors (Lipinski definition) is 5. The van der Waals surface area contributed by atoms with E-state index >= 15 is 0 Å². The first-order valence-electron chi connectivity index (χ1n) is 7.82. The Bertz CT molecular complexity index is 572. The fraction of sp³-hybridized carbons (Fsp3) is 0.733. The van der Waals surface area contributed by atoms with Gasteiger partial charge in [-0.25, -0.2) is 13.8 Å². The maximum atomic E-state index is 13.7. The summed E-state index contributed by atoms with van der Waals surface area (Å²) in [7, 11) is 0. The van der Waals surface area contributed by atoms with Crippen LogP contribution in [0, 0.1) is 6.92 Å². The predicted molar refractivity (Wildman–Crippen MR) is 77.5 cm³/mol. The van der Waals surface area contributed by atoms with Crippen molar-refractivity contribution in [2.45, 2.75) is 38.3 Å². The van der Waals surface area contributed by atoms with Gasteiger partial charge in [0.05, 0.1) is 18.8 Å². The molecule has 6 nitrogen and oxygen atoms in total. The summed E-state index contributed by atoms with van der Waals surface area (Å²) in [5, 5.41) is 0. The van der Waals surface area contributed by atoms with E-state index in [1.165, 1.54) is 6.39 Å². The highest BCUT2D eigenvalue weighted by Gasteiger charge is 2.50. The maximum absolute atomic E-state index is 13.7. The van der Waals surface area contributed by atoms with Crippen molar-refractivity contribution in [3.8, 4) is 0 Å². The van der Waals surface area contributed by atoms with Gasteiger partial charge in [-0.05, 0) is 13.8 Å². The summed E-state index contributed by atoms with van der Waals surface area (Å²) in [6.07, 6.45) is 1.05. The van der Waals surface area contributed by atoms with E-state index in [9.17, 15) is 13.6 Å². The van der Waals surface area contributed by atoms with Crippen molar-refractivity contribution in [2.24, 2.45) is 0 Å². The lowest BCUT2D eigenvalue weighted by molar-refractivity contribution is -0.0156. The molecule has 3 heterocycles. The summed E-state index contributed by atoms with van der Waals surface area (Å²) >= 11 is 0. The van der Waals surface area contributed by atoms with Gasteiger partial charge in [0.15, 0.2) is 6.39 Å². The van der Waals surface area contributed by atoms with Gasteiger partial charge < -0.3 is 14.1 Å². The van der Waals surface area contributed by atoms with Gasteiger partial charge in [0.25, 0.3) is 11.8 Å². The molecule has 1 aromatic heterocycles. The number of nitrogens with zero attached hydrogens (tertiary/aromatic N) is 3. The third-order valence-electron chi connectivity index (χ3n) is 4.49. The topological polar surface area (TPSA) is 58.8 Å². The molecule has 1 atom stereocenters. The van der Waals surface area contributed by atoms with Crippen LogP contribution in [0.4, 0.5) is 8.78 Å². The van der Waals surface area contributed by atoms with Gasteiger partial charge >= 0.3 is 0 Å². The second-order valence-corrected chi connectivity index (χ2v) is 6.18. The number of hydrogen-bond donors (Lipinski definition) is 0. The number of halogens is 2. The molecule has 0 bridgehead atoms. The van der Waals surface area contributed by atoms with Crippen molar-refractivity contribution in [1.29, 1.82) is 0 Å². The van der Waals surface area contributed by atoms with Crippen molar-refractivity contribution in [3.63, 3.8) is 0 Å². The minimum absolute atomic E-state index is 0.0546. The monoisotopic (exact) mass is 329 g/mol. The van der Waals surface area contributed by atoms with E-state index in [4.69, 9.17) is 9.15 Å². The van der Waals surface area contributed by atoms with Crippen LogP contribution in [0.25, 0.3) is 0 Å². The van der Waals surface area contributed by atoms with Crippen LogP contribution in [0.2, 0.25) is 0 Å². The van der Waals surface area contributed by atoms with E-state index in [0.29, 0.717) is 32.0 Å².